The van der Waals surface area contributed by atoms with Gasteiger partial charge in [-0.05, 0) is 40.8 Å². The molecule has 2 aromatic carbocycles. The minimum atomic E-state index is -0.435. The third kappa shape index (κ3) is 3.34. The smallest absolute Gasteiger partial charge is 0.267 e. The van der Waals surface area contributed by atoms with Gasteiger partial charge in [-0.1, -0.05) is 41.9 Å². The van der Waals surface area contributed by atoms with Gasteiger partial charge in [0, 0.05) is 13.7 Å². The standard InChI is InChI=1S/C16H10ClIN2O2S/c17-13-10-6-2-4-8-12(10)23-14(13)16(22)20-19-15(21)9-5-1-3-7-11(9)18/h1-8H,(H,19,21)(H,20,22). The molecule has 0 aliphatic carbocycles. The van der Waals surface area contributed by atoms with Crippen molar-refractivity contribution < 1.29 is 9.59 Å². The molecule has 0 radical (unpaired) electrons. The largest absolute Gasteiger partial charge is 0.281 e. The Labute approximate surface area is 154 Å². The minimum absolute atomic E-state index is 0.371. The van der Waals surface area contributed by atoms with Crippen LogP contribution in [0.25, 0.3) is 10.1 Å². The molecular weight excluding hydrogens is 447 g/mol. The lowest BCUT2D eigenvalue weighted by molar-refractivity contribution is 0.0848. The Morgan fingerprint density at radius 3 is 2.35 bits per heavy atom. The summed E-state index contributed by atoms with van der Waals surface area (Å²) in [5, 5.41) is 1.22. The topological polar surface area (TPSA) is 58.2 Å². The van der Waals surface area contributed by atoms with Crippen LogP contribution in [0.4, 0.5) is 0 Å². The predicted octanol–water partition coefficient (Wildman–Crippen LogP) is 4.23. The van der Waals surface area contributed by atoms with Gasteiger partial charge < -0.3 is 0 Å². The molecule has 7 heteroatoms. The van der Waals surface area contributed by atoms with Crippen molar-refractivity contribution in [2.45, 2.75) is 0 Å². The molecule has 2 N–H and O–H groups in total. The van der Waals surface area contributed by atoms with Crippen LogP contribution >= 0.6 is 45.5 Å². The van der Waals surface area contributed by atoms with Crippen molar-refractivity contribution in [1.82, 2.24) is 10.9 Å². The van der Waals surface area contributed by atoms with Gasteiger partial charge in [-0.3, -0.25) is 20.4 Å². The van der Waals surface area contributed by atoms with Crippen LogP contribution in [-0.4, -0.2) is 11.8 Å². The number of carbonyl (C=O) groups excluding carboxylic acids is 2. The lowest BCUT2D eigenvalue weighted by Gasteiger charge is -2.07. The third-order valence-electron chi connectivity index (χ3n) is 3.15. The summed E-state index contributed by atoms with van der Waals surface area (Å²) in [5.41, 5.74) is 5.32. The normalized spacial score (nSPS) is 10.5. The zero-order valence-corrected chi connectivity index (χ0v) is 15.3. The second kappa shape index (κ2) is 6.86. The van der Waals surface area contributed by atoms with E-state index in [1.165, 1.54) is 11.3 Å². The number of rotatable bonds is 2. The number of benzene rings is 2. The van der Waals surface area contributed by atoms with Crippen LogP contribution in [0.1, 0.15) is 20.0 Å². The molecule has 0 fully saturated rings. The van der Waals surface area contributed by atoms with Gasteiger partial charge in [0.1, 0.15) is 4.88 Å². The van der Waals surface area contributed by atoms with E-state index in [2.05, 4.69) is 33.4 Å². The van der Waals surface area contributed by atoms with E-state index in [0.717, 1.165) is 13.7 Å². The van der Waals surface area contributed by atoms with E-state index < -0.39 is 5.91 Å². The molecule has 0 saturated heterocycles. The summed E-state index contributed by atoms with van der Waals surface area (Å²) in [6.45, 7) is 0. The molecule has 3 rings (SSSR count). The van der Waals surface area contributed by atoms with Crippen LogP contribution in [0.3, 0.4) is 0 Å². The summed E-state index contributed by atoms with van der Waals surface area (Å²) in [4.78, 5) is 24.7. The first kappa shape index (κ1) is 16.2. The minimum Gasteiger partial charge on any atom is -0.267 e. The van der Waals surface area contributed by atoms with E-state index in [9.17, 15) is 9.59 Å². The molecule has 4 nitrogen and oxygen atoms in total. The molecule has 1 aromatic heterocycles. The molecule has 0 saturated carbocycles. The van der Waals surface area contributed by atoms with Gasteiger partial charge in [0.15, 0.2) is 0 Å². The van der Waals surface area contributed by atoms with Crippen molar-refractivity contribution >= 4 is 67.4 Å². The van der Waals surface area contributed by atoms with E-state index in [4.69, 9.17) is 11.6 Å². The summed E-state index contributed by atoms with van der Waals surface area (Å²) in [6, 6.07) is 14.6. The zero-order valence-electron chi connectivity index (χ0n) is 11.6. The molecule has 116 valence electrons. The molecule has 0 atom stereocenters. The Balaban J connectivity index is 1.75. The molecular formula is C16H10ClIN2O2S. The number of hydrogen-bond donors (Lipinski definition) is 2. The van der Waals surface area contributed by atoms with E-state index >= 15 is 0 Å². The third-order valence-corrected chi connectivity index (χ3v) is 5.76. The van der Waals surface area contributed by atoms with Crippen LogP contribution in [0.5, 0.6) is 0 Å². The SMILES string of the molecule is O=C(NNC(=O)c1sc2ccccc2c1Cl)c1ccccc1I. The van der Waals surface area contributed by atoms with Crippen molar-refractivity contribution in [3.63, 3.8) is 0 Å². The monoisotopic (exact) mass is 456 g/mol. The van der Waals surface area contributed by atoms with Crippen molar-refractivity contribution in [2.75, 3.05) is 0 Å². The first-order chi connectivity index (χ1) is 11.1. The number of nitrogens with one attached hydrogen (secondary N) is 2. The summed E-state index contributed by atoms with van der Waals surface area (Å²) in [7, 11) is 0. The molecule has 2 amide bonds. The highest BCUT2D eigenvalue weighted by Gasteiger charge is 2.18. The molecule has 3 aromatic rings. The van der Waals surface area contributed by atoms with Crippen LogP contribution in [-0.2, 0) is 0 Å². The summed E-state index contributed by atoms with van der Waals surface area (Å²) >= 11 is 9.60. The lowest BCUT2D eigenvalue weighted by Crippen LogP contribution is -2.41. The van der Waals surface area contributed by atoms with E-state index in [1.54, 1.807) is 12.1 Å². The fourth-order valence-electron chi connectivity index (χ4n) is 2.04. The van der Waals surface area contributed by atoms with E-state index in [0.29, 0.717) is 15.5 Å². The number of fused-ring (bicyclic) bond motifs is 1. The number of carbonyl (C=O) groups is 2. The van der Waals surface area contributed by atoms with Gasteiger partial charge >= 0.3 is 0 Å². The van der Waals surface area contributed by atoms with Crippen molar-refractivity contribution in [1.29, 1.82) is 0 Å². The van der Waals surface area contributed by atoms with Gasteiger partial charge in [0.25, 0.3) is 11.8 Å². The van der Waals surface area contributed by atoms with Crippen LogP contribution in [0.2, 0.25) is 5.02 Å². The van der Waals surface area contributed by atoms with E-state index in [-0.39, 0.29) is 5.91 Å². The Morgan fingerprint density at radius 2 is 1.61 bits per heavy atom. The first-order valence-electron chi connectivity index (χ1n) is 6.60. The van der Waals surface area contributed by atoms with Gasteiger partial charge in [-0.25, -0.2) is 0 Å². The van der Waals surface area contributed by atoms with Crippen LogP contribution in [0, 0.1) is 3.57 Å². The second-order valence-corrected chi connectivity index (χ2v) is 7.22. The van der Waals surface area contributed by atoms with Crippen molar-refractivity contribution in [3.05, 3.63) is 67.6 Å². The maximum absolute atomic E-state index is 12.3. The van der Waals surface area contributed by atoms with Crippen LogP contribution in [0.15, 0.2) is 48.5 Å². The zero-order chi connectivity index (χ0) is 16.4. The molecule has 0 bridgehead atoms. The Kier molecular flexibility index (Phi) is 4.84. The summed E-state index contributed by atoms with van der Waals surface area (Å²) < 4.78 is 1.73. The van der Waals surface area contributed by atoms with Crippen molar-refractivity contribution in [2.24, 2.45) is 0 Å². The van der Waals surface area contributed by atoms with E-state index in [1.807, 2.05) is 36.4 Å². The molecule has 0 aliphatic rings. The number of amides is 2. The molecule has 1 heterocycles. The van der Waals surface area contributed by atoms with Gasteiger partial charge in [0.2, 0.25) is 0 Å². The number of halogens is 2. The Morgan fingerprint density at radius 1 is 0.957 bits per heavy atom. The van der Waals surface area contributed by atoms with Gasteiger partial charge in [-0.2, -0.15) is 0 Å². The molecule has 0 unspecified atom stereocenters. The molecule has 0 aliphatic heterocycles. The number of hydrazine groups is 1. The first-order valence-corrected chi connectivity index (χ1v) is 8.87. The average molecular weight is 457 g/mol. The highest BCUT2D eigenvalue weighted by molar-refractivity contribution is 14.1. The Bertz CT molecular complexity index is 910. The Hall–Kier alpha value is -1.64. The highest BCUT2D eigenvalue weighted by atomic mass is 127. The fourth-order valence-corrected chi connectivity index (χ4v) is 4.09. The maximum atomic E-state index is 12.3. The predicted molar refractivity (Wildman–Crippen MR) is 101 cm³/mol. The average Bonchev–Trinajstić information content (AvgIpc) is 2.90. The maximum Gasteiger partial charge on any atom is 0.281 e. The number of hydrogen-bond acceptors (Lipinski definition) is 3. The second-order valence-electron chi connectivity index (χ2n) is 4.63. The molecule has 0 spiro atoms. The quantitative estimate of drug-likeness (QED) is 0.448. The fraction of sp³-hybridized carbons (Fsp3) is 0. The van der Waals surface area contributed by atoms with Crippen molar-refractivity contribution in [3.8, 4) is 0 Å². The molecule has 23 heavy (non-hydrogen) atoms. The number of thiophene rings is 1. The van der Waals surface area contributed by atoms with Gasteiger partial charge in [-0.15, -0.1) is 11.3 Å². The lowest BCUT2D eigenvalue weighted by atomic mass is 10.2. The van der Waals surface area contributed by atoms with Gasteiger partial charge in [0.05, 0.1) is 10.6 Å². The highest BCUT2D eigenvalue weighted by Crippen LogP contribution is 2.34. The summed E-state index contributed by atoms with van der Waals surface area (Å²) in [6.07, 6.45) is 0. The summed E-state index contributed by atoms with van der Waals surface area (Å²) in [5.74, 6) is -0.809. The van der Waals surface area contributed by atoms with Crippen LogP contribution < -0.4 is 10.9 Å².